The quantitative estimate of drug-likeness (QED) is 0.827. The van der Waals surface area contributed by atoms with Crippen LogP contribution in [0.25, 0.3) is 0 Å². The molecule has 2 bridgehead atoms. The first-order valence-corrected chi connectivity index (χ1v) is 7.93. The summed E-state index contributed by atoms with van der Waals surface area (Å²) in [5.74, 6) is 0.390. The molecule has 0 spiro atoms. The van der Waals surface area contributed by atoms with Gasteiger partial charge in [-0.3, -0.25) is 4.79 Å². The normalized spacial score (nSPS) is 28.1. The predicted molar refractivity (Wildman–Crippen MR) is 90.6 cm³/mol. The van der Waals surface area contributed by atoms with E-state index in [0.717, 1.165) is 19.3 Å². The fourth-order valence-electron chi connectivity index (χ4n) is 3.89. The van der Waals surface area contributed by atoms with Gasteiger partial charge in [-0.15, -0.1) is 12.4 Å². The van der Waals surface area contributed by atoms with Crippen molar-refractivity contribution in [2.24, 2.45) is 23.5 Å². The summed E-state index contributed by atoms with van der Waals surface area (Å²) in [4.78, 5) is 24.3. The molecule has 2 saturated carbocycles. The zero-order valence-corrected chi connectivity index (χ0v) is 14.0. The van der Waals surface area contributed by atoms with E-state index in [4.69, 9.17) is 10.5 Å². The van der Waals surface area contributed by atoms with Crippen molar-refractivity contribution in [3.63, 3.8) is 0 Å². The Morgan fingerprint density at radius 3 is 2.70 bits per heavy atom. The SMILES string of the molecule is CCOC(=O)c1cccc(NC(=O)C2C3CCC(C3)C2N)c1.Cl. The molecule has 6 heteroatoms. The van der Waals surface area contributed by atoms with Crippen molar-refractivity contribution in [3.8, 4) is 0 Å². The molecular formula is C17H23ClN2O3. The van der Waals surface area contributed by atoms with Crippen molar-refractivity contribution in [2.45, 2.75) is 32.2 Å². The van der Waals surface area contributed by atoms with Gasteiger partial charge in [0.05, 0.1) is 18.1 Å². The first-order valence-electron chi connectivity index (χ1n) is 7.93. The number of carbonyl (C=O) groups excluding carboxylic acids is 2. The van der Waals surface area contributed by atoms with Crippen molar-refractivity contribution in [1.29, 1.82) is 0 Å². The molecule has 2 fully saturated rings. The molecule has 23 heavy (non-hydrogen) atoms. The summed E-state index contributed by atoms with van der Waals surface area (Å²) in [6.07, 6.45) is 3.31. The van der Waals surface area contributed by atoms with Crippen molar-refractivity contribution in [3.05, 3.63) is 29.8 Å². The number of halogens is 1. The van der Waals surface area contributed by atoms with Crippen molar-refractivity contribution in [1.82, 2.24) is 0 Å². The van der Waals surface area contributed by atoms with Crippen LogP contribution in [0.2, 0.25) is 0 Å². The second-order valence-corrected chi connectivity index (χ2v) is 6.23. The molecule has 1 amide bonds. The third-order valence-corrected chi connectivity index (χ3v) is 4.92. The number of rotatable bonds is 4. The molecule has 0 heterocycles. The van der Waals surface area contributed by atoms with Crippen LogP contribution in [0.3, 0.4) is 0 Å². The Morgan fingerprint density at radius 1 is 1.30 bits per heavy atom. The highest BCUT2D eigenvalue weighted by Crippen LogP contribution is 2.47. The average Bonchev–Trinajstić information content (AvgIpc) is 3.08. The summed E-state index contributed by atoms with van der Waals surface area (Å²) in [5.41, 5.74) is 7.26. The average molecular weight is 339 g/mol. The van der Waals surface area contributed by atoms with Gasteiger partial charge in [0.25, 0.3) is 0 Å². The minimum Gasteiger partial charge on any atom is -0.462 e. The van der Waals surface area contributed by atoms with Crippen LogP contribution < -0.4 is 11.1 Å². The zero-order valence-electron chi connectivity index (χ0n) is 13.2. The van der Waals surface area contributed by atoms with Crippen molar-refractivity contribution >= 4 is 30.0 Å². The number of benzene rings is 1. The van der Waals surface area contributed by atoms with Gasteiger partial charge in [-0.1, -0.05) is 6.07 Å². The fourth-order valence-corrected chi connectivity index (χ4v) is 3.89. The molecule has 2 aliphatic carbocycles. The van der Waals surface area contributed by atoms with Crippen LogP contribution in [-0.4, -0.2) is 24.5 Å². The van der Waals surface area contributed by atoms with E-state index in [0.29, 0.717) is 29.7 Å². The van der Waals surface area contributed by atoms with Gasteiger partial charge in [0, 0.05) is 11.7 Å². The summed E-state index contributed by atoms with van der Waals surface area (Å²) in [7, 11) is 0. The molecule has 4 unspecified atom stereocenters. The summed E-state index contributed by atoms with van der Waals surface area (Å²) in [6, 6.07) is 6.81. The lowest BCUT2D eigenvalue weighted by molar-refractivity contribution is -0.121. The molecule has 5 nitrogen and oxygen atoms in total. The Balaban J connectivity index is 0.00000192. The molecule has 1 aromatic rings. The van der Waals surface area contributed by atoms with Crippen LogP contribution in [0.4, 0.5) is 5.69 Å². The van der Waals surface area contributed by atoms with Crippen molar-refractivity contribution in [2.75, 3.05) is 11.9 Å². The lowest BCUT2D eigenvalue weighted by Gasteiger charge is -2.27. The van der Waals surface area contributed by atoms with E-state index in [1.165, 1.54) is 0 Å². The Morgan fingerprint density at radius 2 is 2.04 bits per heavy atom. The highest BCUT2D eigenvalue weighted by atomic mass is 35.5. The molecular weight excluding hydrogens is 316 g/mol. The molecule has 1 aromatic carbocycles. The Hall–Kier alpha value is -1.59. The summed E-state index contributed by atoms with van der Waals surface area (Å²) < 4.78 is 4.97. The first-order chi connectivity index (χ1) is 10.6. The van der Waals surface area contributed by atoms with Crippen molar-refractivity contribution < 1.29 is 14.3 Å². The highest BCUT2D eigenvalue weighted by molar-refractivity contribution is 5.96. The molecule has 0 saturated heterocycles. The maximum Gasteiger partial charge on any atom is 0.338 e. The fraction of sp³-hybridized carbons (Fsp3) is 0.529. The van der Waals surface area contributed by atoms with Gasteiger partial charge in [0.1, 0.15) is 0 Å². The largest absolute Gasteiger partial charge is 0.462 e. The lowest BCUT2D eigenvalue weighted by atomic mass is 9.84. The first kappa shape index (κ1) is 17.8. The number of hydrogen-bond acceptors (Lipinski definition) is 4. The molecule has 0 aromatic heterocycles. The summed E-state index contributed by atoms with van der Waals surface area (Å²) in [6.45, 7) is 2.09. The predicted octanol–water partition coefficient (Wildman–Crippen LogP) is 2.60. The number of esters is 1. The van der Waals surface area contributed by atoms with Crippen LogP contribution >= 0.6 is 12.4 Å². The Labute approximate surface area is 142 Å². The van der Waals surface area contributed by atoms with E-state index in [2.05, 4.69) is 5.32 Å². The zero-order chi connectivity index (χ0) is 15.7. The van der Waals surface area contributed by atoms with Crippen LogP contribution in [0.1, 0.15) is 36.5 Å². The van der Waals surface area contributed by atoms with Gasteiger partial charge in [-0.05, 0) is 56.2 Å². The number of fused-ring (bicyclic) bond motifs is 2. The van der Waals surface area contributed by atoms with Crippen LogP contribution in [0.15, 0.2) is 24.3 Å². The number of carbonyl (C=O) groups is 2. The summed E-state index contributed by atoms with van der Waals surface area (Å²) in [5, 5.41) is 2.91. The van der Waals surface area contributed by atoms with Gasteiger partial charge in [-0.2, -0.15) is 0 Å². The van der Waals surface area contributed by atoms with Gasteiger partial charge in [0.15, 0.2) is 0 Å². The Bertz CT molecular complexity index is 591. The second kappa shape index (κ2) is 7.32. The molecule has 3 rings (SSSR count). The van der Waals surface area contributed by atoms with E-state index in [1.807, 2.05) is 0 Å². The third-order valence-electron chi connectivity index (χ3n) is 4.92. The standard InChI is InChI=1S/C17H22N2O3.ClH/c1-2-22-17(21)12-4-3-5-13(9-12)19-16(20)14-10-6-7-11(8-10)15(14)18;/h3-5,9-11,14-15H,2,6-8,18H2,1H3,(H,19,20);1H. The number of ether oxygens (including phenoxy) is 1. The van der Waals surface area contributed by atoms with Crippen LogP contribution in [-0.2, 0) is 9.53 Å². The molecule has 0 radical (unpaired) electrons. The van der Waals surface area contributed by atoms with E-state index >= 15 is 0 Å². The van der Waals surface area contributed by atoms with Crippen LogP contribution in [0.5, 0.6) is 0 Å². The number of anilines is 1. The van der Waals surface area contributed by atoms with Gasteiger partial charge >= 0.3 is 5.97 Å². The molecule has 0 aliphatic heterocycles. The highest BCUT2D eigenvalue weighted by Gasteiger charge is 2.49. The monoisotopic (exact) mass is 338 g/mol. The van der Waals surface area contributed by atoms with E-state index in [1.54, 1.807) is 31.2 Å². The third kappa shape index (κ3) is 3.51. The van der Waals surface area contributed by atoms with E-state index < -0.39 is 0 Å². The Kier molecular flexibility index (Phi) is 5.65. The molecule has 2 aliphatic rings. The second-order valence-electron chi connectivity index (χ2n) is 6.23. The minimum atomic E-state index is -0.379. The molecule has 4 atom stereocenters. The number of hydrogen-bond donors (Lipinski definition) is 2. The molecule has 126 valence electrons. The summed E-state index contributed by atoms with van der Waals surface area (Å²) >= 11 is 0. The van der Waals surface area contributed by atoms with Gasteiger partial charge < -0.3 is 15.8 Å². The lowest BCUT2D eigenvalue weighted by Crippen LogP contribution is -2.42. The number of nitrogens with one attached hydrogen (secondary N) is 1. The van der Waals surface area contributed by atoms with E-state index in [-0.39, 0.29) is 36.2 Å². The maximum atomic E-state index is 12.5. The number of nitrogens with two attached hydrogens (primary N) is 1. The smallest absolute Gasteiger partial charge is 0.338 e. The number of amides is 1. The van der Waals surface area contributed by atoms with Gasteiger partial charge in [-0.25, -0.2) is 4.79 Å². The topological polar surface area (TPSA) is 81.4 Å². The van der Waals surface area contributed by atoms with Gasteiger partial charge in [0.2, 0.25) is 5.91 Å². The van der Waals surface area contributed by atoms with Crippen LogP contribution in [0, 0.1) is 17.8 Å². The minimum absolute atomic E-state index is 0. The molecule has 3 N–H and O–H groups in total. The van der Waals surface area contributed by atoms with E-state index in [9.17, 15) is 9.59 Å². The maximum absolute atomic E-state index is 12.5.